The number of ether oxygens (including phenoxy) is 1. The van der Waals surface area contributed by atoms with Gasteiger partial charge in [-0.25, -0.2) is 0 Å². The summed E-state index contributed by atoms with van der Waals surface area (Å²) in [5, 5.41) is 1.10. The summed E-state index contributed by atoms with van der Waals surface area (Å²) in [4.78, 5) is 0. The maximum Gasteiger partial charge on any atom is 0.130 e. The summed E-state index contributed by atoms with van der Waals surface area (Å²) in [5.74, 6) is 1.37. The van der Waals surface area contributed by atoms with E-state index in [4.69, 9.17) is 33.7 Å². The quantitative estimate of drug-likeness (QED) is 0.889. The molecule has 0 heterocycles. The molecule has 2 aromatic carbocycles. The van der Waals surface area contributed by atoms with E-state index in [1.54, 1.807) is 18.2 Å². The van der Waals surface area contributed by atoms with E-state index in [1.165, 1.54) is 5.56 Å². The predicted molar refractivity (Wildman–Crippen MR) is 80.3 cm³/mol. The highest BCUT2D eigenvalue weighted by atomic mass is 35.5. The van der Waals surface area contributed by atoms with Crippen molar-refractivity contribution >= 4 is 23.2 Å². The first-order valence-electron chi connectivity index (χ1n) is 6.01. The van der Waals surface area contributed by atoms with Gasteiger partial charge in [0.1, 0.15) is 11.5 Å². The van der Waals surface area contributed by atoms with Gasteiger partial charge in [0, 0.05) is 16.1 Å². The molecule has 2 nitrogen and oxygen atoms in total. The van der Waals surface area contributed by atoms with Gasteiger partial charge in [-0.2, -0.15) is 0 Å². The van der Waals surface area contributed by atoms with Crippen molar-refractivity contribution in [3.63, 3.8) is 0 Å². The third kappa shape index (κ3) is 4.43. The minimum Gasteiger partial charge on any atom is -0.457 e. The highest BCUT2D eigenvalue weighted by Crippen LogP contribution is 2.28. The van der Waals surface area contributed by atoms with Crippen LogP contribution in [0.25, 0.3) is 0 Å². The largest absolute Gasteiger partial charge is 0.457 e. The van der Waals surface area contributed by atoms with Crippen molar-refractivity contribution in [2.75, 3.05) is 0 Å². The van der Waals surface area contributed by atoms with Crippen LogP contribution in [-0.2, 0) is 6.42 Å². The molecular weight excluding hydrogens is 281 g/mol. The molecule has 0 amide bonds. The Kier molecular flexibility index (Phi) is 4.70. The monoisotopic (exact) mass is 295 g/mol. The third-order valence-electron chi connectivity index (χ3n) is 2.55. The molecule has 2 N–H and O–H groups in total. The van der Waals surface area contributed by atoms with Gasteiger partial charge in [0.15, 0.2) is 0 Å². The van der Waals surface area contributed by atoms with E-state index in [0.717, 1.165) is 12.2 Å². The van der Waals surface area contributed by atoms with Crippen molar-refractivity contribution in [3.05, 3.63) is 58.1 Å². The second-order valence-electron chi connectivity index (χ2n) is 4.53. The molecular formula is C15H15Cl2NO. The van der Waals surface area contributed by atoms with Crippen molar-refractivity contribution in [1.82, 2.24) is 0 Å². The van der Waals surface area contributed by atoms with Crippen LogP contribution in [0.4, 0.5) is 0 Å². The summed E-state index contributed by atoms with van der Waals surface area (Å²) in [7, 11) is 0. The van der Waals surface area contributed by atoms with Crippen LogP contribution in [-0.4, -0.2) is 6.04 Å². The van der Waals surface area contributed by atoms with E-state index in [9.17, 15) is 0 Å². The highest BCUT2D eigenvalue weighted by Gasteiger charge is 2.02. The average Bonchev–Trinajstić information content (AvgIpc) is 2.29. The molecule has 0 saturated carbocycles. The number of hydrogen-bond donors (Lipinski definition) is 1. The summed E-state index contributed by atoms with van der Waals surface area (Å²) < 4.78 is 5.70. The van der Waals surface area contributed by atoms with Crippen molar-refractivity contribution < 1.29 is 4.74 Å². The fraction of sp³-hybridized carbons (Fsp3) is 0.200. The maximum absolute atomic E-state index is 5.92. The van der Waals surface area contributed by atoms with E-state index in [-0.39, 0.29) is 6.04 Å². The van der Waals surface area contributed by atoms with E-state index < -0.39 is 0 Å². The van der Waals surface area contributed by atoms with Crippen molar-refractivity contribution in [1.29, 1.82) is 0 Å². The summed E-state index contributed by atoms with van der Waals surface area (Å²) in [6.07, 6.45) is 0.850. The Hall–Kier alpha value is -1.22. The lowest BCUT2D eigenvalue weighted by Gasteiger charge is -2.09. The second-order valence-corrected chi connectivity index (χ2v) is 5.41. The zero-order valence-electron chi connectivity index (χ0n) is 10.6. The first-order chi connectivity index (χ1) is 9.02. The molecule has 0 radical (unpaired) electrons. The minimum atomic E-state index is 0.151. The molecule has 0 aromatic heterocycles. The zero-order valence-corrected chi connectivity index (χ0v) is 12.1. The molecule has 0 aliphatic heterocycles. The van der Waals surface area contributed by atoms with Gasteiger partial charge < -0.3 is 10.5 Å². The SMILES string of the molecule is CC(N)Cc1ccc(Oc2cc(Cl)cc(Cl)c2)cc1. The smallest absolute Gasteiger partial charge is 0.130 e. The predicted octanol–water partition coefficient (Wildman–Crippen LogP) is 4.68. The van der Waals surface area contributed by atoms with E-state index >= 15 is 0 Å². The van der Waals surface area contributed by atoms with E-state index in [1.807, 2.05) is 31.2 Å². The molecule has 4 heteroatoms. The molecule has 19 heavy (non-hydrogen) atoms. The van der Waals surface area contributed by atoms with Gasteiger partial charge >= 0.3 is 0 Å². The standard InChI is InChI=1S/C15H15Cl2NO/c1-10(18)6-11-2-4-14(5-3-11)19-15-8-12(16)7-13(17)9-15/h2-5,7-10H,6,18H2,1H3. The molecule has 0 bridgehead atoms. The molecule has 1 atom stereocenters. The van der Waals surface area contributed by atoms with Gasteiger partial charge in [0.2, 0.25) is 0 Å². The summed E-state index contributed by atoms with van der Waals surface area (Å²) in [6, 6.07) is 13.1. The Morgan fingerprint density at radius 3 is 2.11 bits per heavy atom. The number of benzene rings is 2. The Labute approximate surface area is 123 Å². The van der Waals surface area contributed by atoms with Crippen LogP contribution >= 0.6 is 23.2 Å². The lowest BCUT2D eigenvalue weighted by Crippen LogP contribution is -2.17. The van der Waals surface area contributed by atoms with Crippen LogP contribution in [0, 0.1) is 0 Å². The van der Waals surface area contributed by atoms with Gasteiger partial charge in [0.25, 0.3) is 0 Å². The van der Waals surface area contributed by atoms with Gasteiger partial charge in [-0.3, -0.25) is 0 Å². The molecule has 0 fully saturated rings. The molecule has 1 unspecified atom stereocenters. The van der Waals surface area contributed by atoms with E-state index in [2.05, 4.69) is 0 Å². The van der Waals surface area contributed by atoms with E-state index in [0.29, 0.717) is 15.8 Å². The molecule has 0 aliphatic carbocycles. The van der Waals surface area contributed by atoms with Gasteiger partial charge in [-0.05, 0) is 49.2 Å². The van der Waals surface area contributed by atoms with Gasteiger partial charge in [-0.1, -0.05) is 35.3 Å². The number of hydrogen-bond acceptors (Lipinski definition) is 2. The summed E-state index contributed by atoms with van der Waals surface area (Å²) >= 11 is 11.8. The second kappa shape index (κ2) is 6.29. The topological polar surface area (TPSA) is 35.2 Å². The first-order valence-corrected chi connectivity index (χ1v) is 6.77. The zero-order chi connectivity index (χ0) is 13.8. The summed E-state index contributed by atoms with van der Waals surface area (Å²) in [5.41, 5.74) is 6.95. The average molecular weight is 296 g/mol. The number of halogens is 2. The normalized spacial score (nSPS) is 12.2. The Balaban J connectivity index is 2.10. The fourth-order valence-corrected chi connectivity index (χ4v) is 2.29. The van der Waals surface area contributed by atoms with Crippen LogP contribution in [0.1, 0.15) is 12.5 Å². The van der Waals surface area contributed by atoms with Gasteiger partial charge in [-0.15, -0.1) is 0 Å². The first kappa shape index (κ1) is 14.2. The van der Waals surface area contributed by atoms with Gasteiger partial charge in [0.05, 0.1) is 0 Å². The third-order valence-corrected chi connectivity index (χ3v) is 2.99. The number of rotatable bonds is 4. The van der Waals surface area contributed by atoms with Crippen LogP contribution in [0.5, 0.6) is 11.5 Å². The highest BCUT2D eigenvalue weighted by molar-refractivity contribution is 6.34. The van der Waals surface area contributed by atoms with Crippen molar-refractivity contribution in [3.8, 4) is 11.5 Å². The Morgan fingerprint density at radius 2 is 1.58 bits per heavy atom. The molecule has 0 aliphatic rings. The molecule has 0 saturated heterocycles. The van der Waals surface area contributed by atoms with Crippen LogP contribution in [0.3, 0.4) is 0 Å². The van der Waals surface area contributed by atoms with Crippen molar-refractivity contribution in [2.45, 2.75) is 19.4 Å². The van der Waals surface area contributed by atoms with Crippen LogP contribution in [0.15, 0.2) is 42.5 Å². The van der Waals surface area contributed by atoms with Crippen LogP contribution < -0.4 is 10.5 Å². The summed E-state index contributed by atoms with van der Waals surface area (Å²) in [6.45, 7) is 1.98. The minimum absolute atomic E-state index is 0.151. The fourth-order valence-electron chi connectivity index (χ4n) is 1.79. The van der Waals surface area contributed by atoms with Crippen molar-refractivity contribution in [2.24, 2.45) is 5.73 Å². The molecule has 2 aromatic rings. The lowest BCUT2D eigenvalue weighted by molar-refractivity contribution is 0.482. The number of nitrogens with two attached hydrogens (primary N) is 1. The lowest BCUT2D eigenvalue weighted by atomic mass is 10.1. The Bertz CT molecular complexity index is 532. The Morgan fingerprint density at radius 1 is 1.00 bits per heavy atom. The van der Waals surface area contributed by atoms with Crippen LogP contribution in [0.2, 0.25) is 10.0 Å². The maximum atomic E-state index is 5.92. The molecule has 0 spiro atoms. The molecule has 2 rings (SSSR count). The molecule has 100 valence electrons.